The Morgan fingerprint density at radius 2 is 1.46 bits per heavy atom. The van der Waals surface area contributed by atoms with Crippen LogP contribution in [0.5, 0.6) is 11.5 Å². The molecule has 1 aliphatic heterocycles. The van der Waals surface area contributed by atoms with Gasteiger partial charge in [0.1, 0.15) is 18.1 Å². The molecule has 46 heavy (non-hydrogen) atoms. The second-order valence-electron chi connectivity index (χ2n) is 10.8. The highest BCUT2D eigenvalue weighted by molar-refractivity contribution is 7.22. The third-order valence-corrected chi connectivity index (χ3v) is 8.64. The van der Waals surface area contributed by atoms with Crippen LogP contribution in [0.3, 0.4) is 0 Å². The van der Waals surface area contributed by atoms with Crippen molar-refractivity contribution in [2.24, 2.45) is 0 Å². The molecular weight excluding hydrogens is 614 g/mol. The maximum atomic E-state index is 13.7. The molecule has 12 heteroatoms. The van der Waals surface area contributed by atoms with Crippen LogP contribution in [-0.4, -0.2) is 88.0 Å². The number of carbonyl (C=O) groups is 4. The Morgan fingerprint density at radius 1 is 0.848 bits per heavy atom. The molecule has 1 saturated heterocycles. The maximum Gasteiger partial charge on any atom is 0.336 e. The Bertz CT molecular complexity index is 1660. The fraction of sp³-hybridized carbons (Fsp3) is 0.294. The van der Waals surface area contributed by atoms with Crippen LogP contribution in [0, 0.1) is 0 Å². The lowest BCUT2D eigenvalue weighted by molar-refractivity contribution is -0.170. The minimum atomic E-state index is -2.74. The van der Waals surface area contributed by atoms with Crippen LogP contribution >= 0.6 is 11.3 Å². The molecule has 0 aliphatic carbocycles. The van der Waals surface area contributed by atoms with E-state index < -0.39 is 36.4 Å². The molecule has 1 fully saturated rings. The lowest BCUT2D eigenvalue weighted by atomic mass is 9.96. The van der Waals surface area contributed by atoms with E-state index in [2.05, 4.69) is 17.0 Å². The van der Waals surface area contributed by atoms with Gasteiger partial charge < -0.3 is 29.9 Å². The number of aliphatic hydroxyl groups is 1. The van der Waals surface area contributed by atoms with E-state index in [1.165, 1.54) is 25.9 Å². The van der Waals surface area contributed by atoms with Crippen molar-refractivity contribution in [2.45, 2.75) is 31.3 Å². The Balaban J connectivity index is 0.000000315. The fourth-order valence-corrected chi connectivity index (χ4v) is 6.32. The van der Waals surface area contributed by atoms with Crippen molar-refractivity contribution < 1.29 is 49.1 Å². The highest BCUT2D eigenvalue weighted by Crippen LogP contribution is 2.41. The Kier molecular flexibility index (Phi) is 11.5. The third kappa shape index (κ3) is 8.68. The van der Waals surface area contributed by atoms with Crippen LogP contribution in [0.25, 0.3) is 20.5 Å². The number of aliphatic carboxylic acids is 3. The first kappa shape index (κ1) is 34.1. The molecule has 3 aromatic carbocycles. The number of hydrogen-bond donors (Lipinski definition) is 4. The molecule has 0 bridgehead atoms. The Labute approximate surface area is 269 Å². The van der Waals surface area contributed by atoms with E-state index >= 15 is 0 Å². The van der Waals surface area contributed by atoms with Gasteiger partial charge in [-0.3, -0.25) is 19.3 Å². The van der Waals surface area contributed by atoms with Crippen molar-refractivity contribution in [3.63, 3.8) is 0 Å². The molecule has 5 rings (SSSR count). The first-order valence-corrected chi connectivity index (χ1v) is 15.4. The van der Waals surface area contributed by atoms with Crippen LogP contribution in [0.4, 0.5) is 0 Å². The molecule has 2 heterocycles. The quantitative estimate of drug-likeness (QED) is 0.143. The number of likely N-dealkylation sites (tertiary alicyclic amines) is 1. The molecule has 0 saturated carbocycles. The number of fused-ring (bicyclic) bond motifs is 1. The summed E-state index contributed by atoms with van der Waals surface area (Å²) in [7, 11) is 1.66. The zero-order valence-corrected chi connectivity index (χ0v) is 26.0. The molecule has 0 spiro atoms. The summed E-state index contributed by atoms with van der Waals surface area (Å²) in [6, 6.07) is 23.5. The van der Waals surface area contributed by atoms with Gasteiger partial charge in [0.05, 0.1) is 20.0 Å². The van der Waals surface area contributed by atoms with Gasteiger partial charge in [0, 0.05) is 32.6 Å². The normalized spacial score (nSPS) is 13.1. The number of carboxylic acid groups (broad SMARTS) is 3. The molecule has 4 N–H and O–H groups in total. The smallest absolute Gasteiger partial charge is 0.336 e. The Morgan fingerprint density at radius 3 is 2.02 bits per heavy atom. The van der Waals surface area contributed by atoms with Crippen LogP contribution in [0.15, 0.2) is 72.8 Å². The number of ketones is 1. The van der Waals surface area contributed by atoms with Crippen LogP contribution < -0.4 is 9.47 Å². The second-order valence-corrected chi connectivity index (χ2v) is 11.8. The van der Waals surface area contributed by atoms with E-state index in [0.29, 0.717) is 12.2 Å². The molecule has 0 unspecified atom stereocenters. The van der Waals surface area contributed by atoms with Gasteiger partial charge in [0.15, 0.2) is 11.4 Å². The lowest BCUT2D eigenvalue weighted by Gasteiger charge is -2.18. The van der Waals surface area contributed by atoms with Crippen LogP contribution in [0.2, 0.25) is 0 Å². The molecule has 0 atom stereocenters. The van der Waals surface area contributed by atoms with Gasteiger partial charge in [0.2, 0.25) is 0 Å². The first-order valence-electron chi connectivity index (χ1n) is 14.6. The number of methoxy groups -OCH3 is 1. The van der Waals surface area contributed by atoms with E-state index in [9.17, 15) is 19.2 Å². The fourth-order valence-electron chi connectivity index (χ4n) is 5.08. The van der Waals surface area contributed by atoms with E-state index in [-0.39, 0.29) is 5.78 Å². The zero-order chi connectivity index (χ0) is 33.3. The summed E-state index contributed by atoms with van der Waals surface area (Å²) in [4.78, 5) is 47.6. The standard InChI is InChI=1S/C28H27NO3S.C6H8O7/c1-31-23-13-14-24-25(19-23)33-28(21-7-3-2-4-8-21)26(24)27(30)20-9-11-22(12-10-20)32-18-17-29-15-5-6-16-29;7-3(8)1-6(13,5(11)12)2-4(9)10/h2-4,7-14,19H,5-6,15-18H2,1H3;13H,1-2H2,(H,7,8)(H,9,10)(H,11,12). The summed E-state index contributed by atoms with van der Waals surface area (Å²) in [6.45, 7) is 3.95. The SMILES string of the molecule is COc1ccc2c(C(=O)c3ccc(OCCN4CCCC4)cc3)c(-c3ccccc3)sc2c1.O=C(O)CC(O)(CC(=O)O)C(=O)O. The zero-order valence-electron chi connectivity index (χ0n) is 25.2. The lowest BCUT2D eigenvalue weighted by Crippen LogP contribution is -2.42. The average molecular weight is 650 g/mol. The summed E-state index contributed by atoms with van der Waals surface area (Å²) in [6.07, 6.45) is 0.279. The minimum Gasteiger partial charge on any atom is -0.497 e. The van der Waals surface area contributed by atoms with E-state index in [0.717, 1.165) is 44.1 Å². The molecule has 0 radical (unpaired) electrons. The van der Waals surface area contributed by atoms with Crippen molar-refractivity contribution in [3.05, 3.63) is 83.9 Å². The highest BCUT2D eigenvalue weighted by Gasteiger charge is 2.40. The molecule has 242 valence electrons. The van der Waals surface area contributed by atoms with E-state index in [4.69, 9.17) is 29.9 Å². The van der Waals surface area contributed by atoms with Crippen LogP contribution in [-0.2, 0) is 14.4 Å². The summed E-state index contributed by atoms with van der Waals surface area (Å²) in [5, 5.41) is 34.8. The number of rotatable bonds is 13. The molecule has 0 amide bonds. The molecule has 11 nitrogen and oxygen atoms in total. The number of hydrogen-bond acceptors (Lipinski definition) is 9. The highest BCUT2D eigenvalue weighted by atomic mass is 32.1. The molecule has 1 aromatic heterocycles. The number of ether oxygens (including phenoxy) is 2. The van der Waals surface area contributed by atoms with Gasteiger partial charge >= 0.3 is 17.9 Å². The van der Waals surface area contributed by atoms with Crippen molar-refractivity contribution in [1.29, 1.82) is 0 Å². The van der Waals surface area contributed by atoms with E-state index in [1.807, 2.05) is 60.7 Å². The average Bonchev–Trinajstić information content (AvgIpc) is 3.69. The predicted octanol–water partition coefficient (Wildman–Crippen LogP) is 5.03. The third-order valence-electron chi connectivity index (χ3n) is 7.44. The number of carbonyl (C=O) groups excluding carboxylic acids is 1. The minimum absolute atomic E-state index is 0.0221. The van der Waals surface area contributed by atoms with Gasteiger partial charge in [-0.05, 0) is 74.0 Å². The van der Waals surface area contributed by atoms with Crippen molar-refractivity contribution >= 4 is 45.1 Å². The Hall–Kier alpha value is -4.78. The maximum absolute atomic E-state index is 13.7. The van der Waals surface area contributed by atoms with Gasteiger partial charge in [-0.25, -0.2) is 4.79 Å². The predicted molar refractivity (Wildman–Crippen MR) is 172 cm³/mol. The number of thiophene rings is 1. The van der Waals surface area contributed by atoms with Gasteiger partial charge in [-0.1, -0.05) is 30.3 Å². The van der Waals surface area contributed by atoms with Gasteiger partial charge in [0.25, 0.3) is 0 Å². The van der Waals surface area contributed by atoms with Gasteiger partial charge in [-0.2, -0.15) is 0 Å². The summed E-state index contributed by atoms with van der Waals surface area (Å²) < 4.78 is 12.4. The van der Waals surface area contributed by atoms with Crippen molar-refractivity contribution in [1.82, 2.24) is 4.90 Å². The monoisotopic (exact) mass is 649 g/mol. The number of carboxylic acids is 3. The second kappa shape index (κ2) is 15.5. The summed E-state index contributed by atoms with van der Waals surface area (Å²) in [5.41, 5.74) is -0.290. The molecule has 4 aromatic rings. The largest absolute Gasteiger partial charge is 0.497 e. The van der Waals surface area contributed by atoms with Crippen molar-refractivity contribution in [2.75, 3.05) is 33.4 Å². The first-order chi connectivity index (χ1) is 22.0. The number of nitrogens with zero attached hydrogens (tertiary/aromatic N) is 1. The molecule has 1 aliphatic rings. The van der Waals surface area contributed by atoms with Crippen LogP contribution in [0.1, 0.15) is 41.6 Å². The topological polar surface area (TPSA) is 171 Å². The summed E-state index contributed by atoms with van der Waals surface area (Å²) in [5.74, 6) is -3.41. The van der Waals surface area contributed by atoms with E-state index in [1.54, 1.807) is 18.4 Å². The van der Waals surface area contributed by atoms with Gasteiger partial charge in [-0.15, -0.1) is 11.3 Å². The van der Waals surface area contributed by atoms with Crippen molar-refractivity contribution in [3.8, 4) is 21.9 Å². The molecular formula is C34H35NO10S. The number of benzene rings is 3. The summed E-state index contributed by atoms with van der Waals surface area (Å²) >= 11 is 1.63.